The number of ether oxygens (including phenoxy) is 1. The number of carbonyl (C=O) groups excluding carboxylic acids is 2. The van der Waals surface area contributed by atoms with Gasteiger partial charge < -0.3 is 21.1 Å². The molecular formula is C20H23FN4O3. The maximum atomic E-state index is 13.7. The summed E-state index contributed by atoms with van der Waals surface area (Å²) >= 11 is 0. The Balaban J connectivity index is 1.74. The Kier molecular flexibility index (Phi) is 6.57. The van der Waals surface area contributed by atoms with Crippen LogP contribution < -0.4 is 16.4 Å². The van der Waals surface area contributed by atoms with Crippen LogP contribution in [0.5, 0.6) is 0 Å². The van der Waals surface area contributed by atoms with Crippen molar-refractivity contribution in [2.45, 2.75) is 12.6 Å². The molecule has 0 aromatic heterocycles. The molecule has 2 aromatic rings. The number of nitrogens with zero attached hydrogens (tertiary/aromatic N) is 1. The van der Waals surface area contributed by atoms with E-state index < -0.39 is 12.1 Å². The van der Waals surface area contributed by atoms with Crippen molar-refractivity contribution in [2.24, 2.45) is 5.73 Å². The van der Waals surface area contributed by atoms with Gasteiger partial charge in [0.25, 0.3) is 0 Å². The quantitative estimate of drug-likeness (QED) is 0.708. The second-order valence-electron chi connectivity index (χ2n) is 6.51. The van der Waals surface area contributed by atoms with Crippen molar-refractivity contribution in [3.8, 4) is 0 Å². The Morgan fingerprint density at radius 2 is 1.86 bits per heavy atom. The van der Waals surface area contributed by atoms with E-state index in [1.54, 1.807) is 36.4 Å². The van der Waals surface area contributed by atoms with Crippen molar-refractivity contribution in [3.05, 3.63) is 65.5 Å². The fourth-order valence-corrected chi connectivity index (χ4v) is 3.15. The van der Waals surface area contributed by atoms with E-state index in [2.05, 4.69) is 10.6 Å². The van der Waals surface area contributed by atoms with Crippen LogP contribution in [0.2, 0.25) is 0 Å². The number of anilines is 1. The Hall–Kier alpha value is -2.97. The van der Waals surface area contributed by atoms with Crippen LogP contribution in [0.15, 0.2) is 48.5 Å². The number of benzene rings is 2. The zero-order chi connectivity index (χ0) is 19.9. The van der Waals surface area contributed by atoms with Gasteiger partial charge in [-0.15, -0.1) is 0 Å². The van der Waals surface area contributed by atoms with Gasteiger partial charge in [0.2, 0.25) is 5.91 Å². The maximum Gasteiger partial charge on any atom is 0.312 e. The molecular weight excluding hydrogens is 363 g/mol. The van der Waals surface area contributed by atoms with Crippen molar-refractivity contribution in [3.63, 3.8) is 0 Å². The van der Waals surface area contributed by atoms with E-state index >= 15 is 0 Å². The van der Waals surface area contributed by atoms with Crippen LogP contribution in [-0.2, 0) is 16.1 Å². The summed E-state index contributed by atoms with van der Waals surface area (Å²) in [5.74, 6) is -0.620. The van der Waals surface area contributed by atoms with Crippen LogP contribution in [0.3, 0.4) is 0 Å². The number of urea groups is 1. The number of hydrogen-bond donors (Lipinski definition) is 3. The van der Waals surface area contributed by atoms with Crippen molar-refractivity contribution >= 4 is 17.6 Å². The zero-order valence-electron chi connectivity index (χ0n) is 15.4. The zero-order valence-corrected chi connectivity index (χ0v) is 15.4. The van der Waals surface area contributed by atoms with Gasteiger partial charge in [0.05, 0.1) is 13.2 Å². The third kappa shape index (κ3) is 5.28. The Morgan fingerprint density at radius 3 is 2.50 bits per heavy atom. The van der Waals surface area contributed by atoms with E-state index in [1.807, 2.05) is 4.90 Å². The molecule has 1 aliphatic rings. The highest BCUT2D eigenvalue weighted by molar-refractivity contribution is 5.95. The lowest BCUT2D eigenvalue weighted by Gasteiger charge is -2.33. The predicted molar refractivity (Wildman–Crippen MR) is 103 cm³/mol. The second-order valence-corrected chi connectivity index (χ2v) is 6.51. The minimum absolute atomic E-state index is 0.240. The molecule has 8 heteroatoms. The normalized spacial score (nSPS) is 15.6. The van der Waals surface area contributed by atoms with Crippen LogP contribution in [0.1, 0.15) is 17.2 Å². The topological polar surface area (TPSA) is 96.7 Å². The first kappa shape index (κ1) is 19.8. The first-order valence-corrected chi connectivity index (χ1v) is 9.03. The van der Waals surface area contributed by atoms with Gasteiger partial charge in [-0.3, -0.25) is 9.69 Å². The molecule has 1 heterocycles. The standard InChI is InChI=1S/C20H23FN4O3/c21-16-3-1-2-15(12-16)18(25-8-10-28-11-9-25)19(26)24-17-6-4-14(5-7-17)13-23-20(22)27/h1-7,12,18H,8-11,13H2,(H,24,26)(H3,22,23,27)/t18-/m1/s1. The number of hydrogen-bond acceptors (Lipinski definition) is 4. The monoisotopic (exact) mass is 386 g/mol. The van der Waals surface area contributed by atoms with Gasteiger partial charge >= 0.3 is 6.03 Å². The molecule has 0 spiro atoms. The highest BCUT2D eigenvalue weighted by Crippen LogP contribution is 2.24. The molecule has 0 bridgehead atoms. The summed E-state index contributed by atoms with van der Waals surface area (Å²) in [4.78, 5) is 25.8. The average Bonchev–Trinajstić information content (AvgIpc) is 2.68. The molecule has 1 saturated heterocycles. The molecule has 7 nitrogen and oxygen atoms in total. The van der Waals surface area contributed by atoms with Crippen molar-refractivity contribution in [2.75, 3.05) is 31.6 Å². The van der Waals surface area contributed by atoms with E-state index in [-0.39, 0.29) is 11.7 Å². The van der Waals surface area contributed by atoms with Gasteiger partial charge in [0.1, 0.15) is 11.9 Å². The summed E-state index contributed by atoms with van der Waals surface area (Å²) in [6.45, 7) is 2.54. The maximum absolute atomic E-state index is 13.7. The minimum Gasteiger partial charge on any atom is -0.379 e. The lowest BCUT2D eigenvalue weighted by molar-refractivity contribution is -0.123. The van der Waals surface area contributed by atoms with E-state index in [9.17, 15) is 14.0 Å². The van der Waals surface area contributed by atoms with Crippen LogP contribution in [0.4, 0.5) is 14.9 Å². The average molecular weight is 386 g/mol. The molecule has 4 N–H and O–H groups in total. The van der Waals surface area contributed by atoms with E-state index in [0.29, 0.717) is 44.1 Å². The van der Waals surface area contributed by atoms with Crippen LogP contribution >= 0.6 is 0 Å². The molecule has 2 aromatic carbocycles. The molecule has 0 radical (unpaired) electrons. The van der Waals surface area contributed by atoms with E-state index in [0.717, 1.165) is 5.56 Å². The molecule has 148 valence electrons. The van der Waals surface area contributed by atoms with Gasteiger partial charge in [-0.05, 0) is 35.4 Å². The molecule has 28 heavy (non-hydrogen) atoms. The molecule has 1 atom stereocenters. The lowest BCUT2D eigenvalue weighted by Crippen LogP contribution is -2.43. The third-order valence-corrected chi connectivity index (χ3v) is 4.51. The van der Waals surface area contributed by atoms with Gasteiger partial charge in [0.15, 0.2) is 0 Å². The molecule has 3 amide bonds. The van der Waals surface area contributed by atoms with Gasteiger partial charge in [-0.25, -0.2) is 9.18 Å². The molecule has 1 aliphatic heterocycles. The van der Waals surface area contributed by atoms with Crippen molar-refractivity contribution in [1.29, 1.82) is 0 Å². The first-order chi connectivity index (χ1) is 13.5. The Labute approximate surface area is 162 Å². The Bertz CT molecular complexity index is 822. The lowest BCUT2D eigenvalue weighted by atomic mass is 10.0. The largest absolute Gasteiger partial charge is 0.379 e. The second kappa shape index (κ2) is 9.29. The summed E-state index contributed by atoms with van der Waals surface area (Å²) in [6.07, 6.45) is 0. The summed E-state index contributed by atoms with van der Waals surface area (Å²) in [5.41, 5.74) is 7.12. The molecule has 0 aliphatic carbocycles. The van der Waals surface area contributed by atoms with Crippen LogP contribution in [0, 0.1) is 5.82 Å². The van der Waals surface area contributed by atoms with Crippen LogP contribution in [-0.4, -0.2) is 43.1 Å². The fraction of sp³-hybridized carbons (Fsp3) is 0.300. The molecule has 0 unspecified atom stereocenters. The van der Waals surface area contributed by atoms with Crippen molar-refractivity contribution < 1.29 is 18.7 Å². The number of morpholine rings is 1. The predicted octanol–water partition coefficient (Wildman–Crippen LogP) is 2.01. The van der Waals surface area contributed by atoms with Crippen molar-refractivity contribution in [1.82, 2.24) is 10.2 Å². The highest BCUT2D eigenvalue weighted by Gasteiger charge is 2.29. The number of amides is 3. The number of primary amides is 1. The summed E-state index contributed by atoms with van der Waals surface area (Å²) in [5, 5.41) is 5.40. The van der Waals surface area contributed by atoms with Crippen LogP contribution in [0.25, 0.3) is 0 Å². The highest BCUT2D eigenvalue weighted by atomic mass is 19.1. The van der Waals surface area contributed by atoms with Gasteiger partial charge in [0, 0.05) is 25.3 Å². The number of nitrogens with one attached hydrogen (secondary N) is 2. The summed E-state index contributed by atoms with van der Waals surface area (Å²) < 4.78 is 19.1. The number of rotatable bonds is 6. The first-order valence-electron chi connectivity index (χ1n) is 9.03. The minimum atomic E-state index is -0.615. The fourth-order valence-electron chi connectivity index (χ4n) is 3.15. The number of halogens is 1. The van der Waals surface area contributed by atoms with E-state index in [1.165, 1.54) is 12.1 Å². The summed E-state index contributed by atoms with van der Waals surface area (Å²) in [7, 11) is 0. The molecule has 3 rings (SSSR count). The van der Waals surface area contributed by atoms with Gasteiger partial charge in [-0.2, -0.15) is 0 Å². The smallest absolute Gasteiger partial charge is 0.312 e. The Morgan fingerprint density at radius 1 is 1.14 bits per heavy atom. The SMILES string of the molecule is NC(=O)NCc1ccc(NC(=O)[C@@H](c2cccc(F)c2)N2CCOCC2)cc1. The molecule has 1 fully saturated rings. The van der Waals surface area contributed by atoms with Gasteiger partial charge in [-0.1, -0.05) is 24.3 Å². The summed E-state index contributed by atoms with van der Waals surface area (Å²) in [6, 6.07) is 12.0. The number of carbonyl (C=O) groups is 2. The molecule has 0 saturated carbocycles. The third-order valence-electron chi connectivity index (χ3n) is 4.51. The van der Waals surface area contributed by atoms with E-state index in [4.69, 9.17) is 10.5 Å². The number of nitrogens with two attached hydrogens (primary N) is 1.